The van der Waals surface area contributed by atoms with Crippen molar-refractivity contribution >= 4 is 5.78 Å². The summed E-state index contributed by atoms with van der Waals surface area (Å²) in [5, 5.41) is 3.05. The van der Waals surface area contributed by atoms with Gasteiger partial charge in [0.1, 0.15) is 5.78 Å². The van der Waals surface area contributed by atoms with E-state index in [1.165, 1.54) is 19.3 Å². The number of likely N-dealkylation sites (N-methyl/N-ethyl adjacent to an activating group) is 1. The molecule has 1 rings (SSSR count). The molecule has 1 atom stereocenters. The van der Waals surface area contributed by atoms with Crippen molar-refractivity contribution in [3.05, 3.63) is 0 Å². The maximum atomic E-state index is 10.9. The van der Waals surface area contributed by atoms with Crippen molar-refractivity contribution in [2.45, 2.75) is 32.2 Å². The first-order chi connectivity index (χ1) is 4.75. The van der Waals surface area contributed by atoms with Gasteiger partial charge in [-0.2, -0.15) is 0 Å². The van der Waals surface area contributed by atoms with E-state index < -0.39 is 0 Å². The third kappa shape index (κ3) is 1.37. The van der Waals surface area contributed by atoms with Crippen LogP contribution >= 0.6 is 0 Å². The minimum Gasteiger partial charge on any atom is -0.310 e. The van der Waals surface area contributed by atoms with E-state index >= 15 is 0 Å². The second-order valence-electron chi connectivity index (χ2n) is 3.07. The smallest absolute Gasteiger partial charge is 0.146 e. The molecule has 2 heteroatoms. The molecule has 0 aromatic rings. The highest BCUT2D eigenvalue weighted by Crippen LogP contribution is 2.29. The Morgan fingerprint density at radius 2 is 2.20 bits per heavy atom. The molecule has 2 nitrogen and oxygen atoms in total. The van der Waals surface area contributed by atoms with Gasteiger partial charge in [0.15, 0.2) is 0 Å². The Morgan fingerprint density at radius 1 is 1.60 bits per heavy atom. The topological polar surface area (TPSA) is 29.1 Å². The first-order valence-electron chi connectivity index (χ1n) is 3.93. The summed E-state index contributed by atoms with van der Waals surface area (Å²) in [6, 6.07) is 0.133. The zero-order valence-corrected chi connectivity index (χ0v) is 6.68. The van der Waals surface area contributed by atoms with Crippen LogP contribution in [0.5, 0.6) is 0 Å². The molecule has 0 aromatic heterocycles. The minimum atomic E-state index is 0.133. The fourth-order valence-corrected chi connectivity index (χ4v) is 1.54. The number of Topliss-reactive ketones (excluding diaryl/α,β-unsaturated/α-hetero) is 1. The fraction of sp³-hybridized carbons (Fsp3) is 0.875. The summed E-state index contributed by atoms with van der Waals surface area (Å²) in [5.74, 6) is 0.912. The summed E-state index contributed by atoms with van der Waals surface area (Å²) in [6.45, 7) is 1.67. The molecule has 0 unspecified atom stereocenters. The van der Waals surface area contributed by atoms with Gasteiger partial charge in [0, 0.05) is 0 Å². The third-order valence-electron chi connectivity index (χ3n) is 2.37. The van der Waals surface area contributed by atoms with Crippen LogP contribution in [0.25, 0.3) is 0 Å². The Kier molecular flexibility index (Phi) is 2.44. The Balaban J connectivity index is 2.39. The van der Waals surface area contributed by atoms with Gasteiger partial charge in [-0.15, -0.1) is 0 Å². The van der Waals surface area contributed by atoms with E-state index in [0.717, 1.165) is 0 Å². The molecule has 58 valence electrons. The number of carbonyl (C=O) groups is 1. The molecule has 0 amide bonds. The SMILES string of the molecule is CN[C@H](C(C)=O)C1CCC1. The maximum absolute atomic E-state index is 10.9. The van der Waals surface area contributed by atoms with Crippen molar-refractivity contribution < 1.29 is 4.79 Å². The van der Waals surface area contributed by atoms with Crippen LogP contribution < -0.4 is 5.32 Å². The molecule has 0 bridgehead atoms. The zero-order chi connectivity index (χ0) is 7.56. The lowest BCUT2D eigenvalue weighted by Gasteiger charge is -2.31. The van der Waals surface area contributed by atoms with Gasteiger partial charge in [0.25, 0.3) is 0 Å². The summed E-state index contributed by atoms with van der Waals surface area (Å²) < 4.78 is 0. The molecule has 10 heavy (non-hydrogen) atoms. The summed E-state index contributed by atoms with van der Waals surface area (Å²) in [5.41, 5.74) is 0. The van der Waals surface area contributed by atoms with Crippen LogP contribution in [-0.4, -0.2) is 18.9 Å². The molecule has 1 saturated carbocycles. The summed E-state index contributed by atoms with van der Waals surface area (Å²) in [6.07, 6.45) is 3.76. The van der Waals surface area contributed by atoms with Crippen LogP contribution in [0, 0.1) is 5.92 Å². The van der Waals surface area contributed by atoms with Crippen molar-refractivity contribution in [1.29, 1.82) is 0 Å². The second kappa shape index (κ2) is 3.15. The van der Waals surface area contributed by atoms with Gasteiger partial charge in [0.05, 0.1) is 6.04 Å². The number of hydrogen-bond donors (Lipinski definition) is 1. The van der Waals surface area contributed by atoms with Crippen molar-refractivity contribution in [2.75, 3.05) is 7.05 Å². The molecule has 1 aliphatic rings. The molecule has 0 radical (unpaired) electrons. The highest BCUT2D eigenvalue weighted by atomic mass is 16.1. The molecule has 1 N–H and O–H groups in total. The van der Waals surface area contributed by atoms with Gasteiger partial charge in [0.2, 0.25) is 0 Å². The van der Waals surface area contributed by atoms with Crippen LogP contribution in [0.2, 0.25) is 0 Å². The highest BCUT2D eigenvalue weighted by molar-refractivity contribution is 5.81. The van der Waals surface area contributed by atoms with E-state index in [2.05, 4.69) is 5.32 Å². The number of ketones is 1. The van der Waals surface area contributed by atoms with Gasteiger partial charge in [-0.05, 0) is 32.7 Å². The lowest BCUT2D eigenvalue weighted by molar-refractivity contribution is -0.120. The fourth-order valence-electron chi connectivity index (χ4n) is 1.54. The highest BCUT2D eigenvalue weighted by Gasteiger charge is 2.28. The van der Waals surface area contributed by atoms with Gasteiger partial charge in [-0.25, -0.2) is 0 Å². The van der Waals surface area contributed by atoms with Crippen molar-refractivity contribution in [1.82, 2.24) is 5.32 Å². The molecule has 1 aliphatic carbocycles. The van der Waals surface area contributed by atoms with Crippen LogP contribution in [0.15, 0.2) is 0 Å². The number of nitrogens with one attached hydrogen (secondary N) is 1. The zero-order valence-electron chi connectivity index (χ0n) is 6.68. The van der Waals surface area contributed by atoms with E-state index in [1.807, 2.05) is 7.05 Å². The first-order valence-corrected chi connectivity index (χ1v) is 3.93. The number of hydrogen-bond acceptors (Lipinski definition) is 2. The van der Waals surface area contributed by atoms with E-state index in [9.17, 15) is 4.79 Å². The summed E-state index contributed by atoms with van der Waals surface area (Å²) in [4.78, 5) is 10.9. The number of carbonyl (C=O) groups excluding carboxylic acids is 1. The maximum Gasteiger partial charge on any atom is 0.146 e. The standard InChI is InChI=1S/C8H15NO/c1-6(10)8(9-2)7-4-3-5-7/h7-9H,3-5H2,1-2H3/t8-/m1/s1. The van der Waals surface area contributed by atoms with E-state index in [-0.39, 0.29) is 11.8 Å². The lowest BCUT2D eigenvalue weighted by atomic mass is 9.78. The van der Waals surface area contributed by atoms with E-state index in [1.54, 1.807) is 6.92 Å². The van der Waals surface area contributed by atoms with Gasteiger partial charge >= 0.3 is 0 Å². The average Bonchev–Trinajstić information content (AvgIpc) is 1.76. The molecule has 0 heterocycles. The predicted octanol–water partition coefficient (Wildman–Crippen LogP) is 0.963. The van der Waals surface area contributed by atoms with Crippen LogP contribution in [-0.2, 0) is 4.79 Å². The first kappa shape index (κ1) is 7.73. The molecule has 0 saturated heterocycles. The number of rotatable bonds is 3. The Morgan fingerprint density at radius 3 is 2.30 bits per heavy atom. The largest absolute Gasteiger partial charge is 0.310 e. The van der Waals surface area contributed by atoms with Gasteiger partial charge in [-0.3, -0.25) is 4.79 Å². The normalized spacial score (nSPS) is 21.8. The summed E-state index contributed by atoms with van der Waals surface area (Å²) >= 11 is 0. The predicted molar refractivity (Wildman–Crippen MR) is 40.9 cm³/mol. The molecular weight excluding hydrogens is 126 g/mol. The van der Waals surface area contributed by atoms with E-state index in [0.29, 0.717) is 5.92 Å². The minimum absolute atomic E-state index is 0.133. The average molecular weight is 141 g/mol. The Bertz CT molecular complexity index is 129. The van der Waals surface area contributed by atoms with Gasteiger partial charge in [-0.1, -0.05) is 6.42 Å². The van der Waals surface area contributed by atoms with Crippen LogP contribution in [0.4, 0.5) is 0 Å². The Labute approximate surface area is 62.0 Å². The van der Waals surface area contributed by atoms with Crippen LogP contribution in [0.3, 0.4) is 0 Å². The second-order valence-corrected chi connectivity index (χ2v) is 3.07. The quantitative estimate of drug-likeness (QED) is 0.634. The molecule has 0 aromatic carbocycles. The Hall–Kier alpha value is -0.370. The third-order valence-corrected chi connectivity index (χ3v) is 2.37. The lowest BCUT2D eigenvalue weighted by Crippen LogP contribution is -2.42. The van der Waals surface area contributed by atoms with E-state index in [4.69, 9.17) is 0 Å². The summed E-state index contributed by atoms with van der Waals surface area (Å²) in [7, 11) is 1.87. The monoisotopic (exact) mass is 141 g/mol. The molecule has 1 fully saturated rings. The molecular formula is C8H15NO. The molecule has 0 spiro atoms. The van der Waals surface area contributed by atoms with Crippen molar-refractivity contribution in [3.63, 3.8) is 0 Å². The molecule has 0 aliphatic heterocycles. The van der Waals surface area contributed by atoms with Crippen LogP contribution in [0.1, 0.15) is 26.2 Å². The van der Waals surface area contributed by atoms with Crippen molar-refractivity contribution in [2.24, 2.45) is 5.92 Å². The van der Waals surface area contributed by atoms with Crippen molar-refractivity contribution in [3.8, 4) is 0 Å². The van der Waals surface area contributed by atoms with Gasteiger partial charge < -0.3 is 5.32 Å².